The minimum Gasteiger partial charge on any atom is -0.303 e. The summed E-state index contributed by atoms with van der Waals surface area (Å²) in [5.74, 6) is 0.118. The fraction of sp³-hybridized carbons (Fsp3) is 0.370. The number of likely N-dealkylation sites (N-methyl/N-ethyl adjacent to an activating group) is 1. The summed E-state index contributed by atoms with van der Waals surface area (Å²) in [6, 6.07) is 15.1. The van der Waals surface area contributed by atoms with E-state index >= 15 is 0 Å². The topological polar surface area (TPSA) is 59.4 Å². The molecule has 0 unspecified atom stereocenters. The van der Waals surface area contributed by atoms with Crippen LogP contribution in [0.4, 0.5) is 0 Å². The first-order valence-electron chi connectivity index (χ1n) is 11.6. The molecule has 2 heterocycles. The average Bonchev–Trinajstić information content (AvgIpc) is 3.40. The van der Waals surface area contributed by atoms with Gasteiger partial charge in [0.1, 0.15) is 0 Å². The molecule has 1 fully saturated rings. The highest BCUT2D eigenvalue weighted by molar-refractivity contribution is 7.91. The molecule has 0 bridgehead atoms. The van der Waals surface area contributed by atoms with Gasteiger partial charge in [-0.2, -0.15) is 0 Å². The van der Waals surface area contributed by atoms with Crippen molar-refractivity contribution < 1.29 is 13.2 Å². The zero-order chi connectivity index (χ0) is 23.4. The van der Waals surface area contributed by atoms with Crippen LogP contribution in [-0.4, -0.2) is 49.2 Å². The van der Waals surface area contributed by atoms with Crippen LogP contribution in [0.3, 0.4) is 0 Å². The number of carbonyl (C=O) groups excluding carboxylic acids is 1. The summed E-state index contributed by atoms with van der Waals surface area (Å²) < 4.78 is 27.2. The van der Waals surface area contributed by atoms with Crippen LogP contribution < -0.4 is 0 Å². The Morgan fingerprint density at radius 3 is 2.67 bits per heavy atom. The molecule has 1 aliphatic rings. The molecule has 1 aromatic heterocycles. The van der Waals surface area contributed by atoms with E-state index in [1.807, 2.05) is 24.4 Å². The zero-order valence-electron chi connectivity index (χ0n) is 19.2. The number of allylic oxidation sites excluding steroid dienone is 1. The minimum absolute atomic E-state index is 0.0577. The fourth-order valence-electron chi connectivity index (χ4n) is 4.70. The Hall–Kier alpha value is -2.70. The van der Waals surface area contributed by atoms with Gasteiger partial charge in [-0.25, -0.2) is 8.42 Å². The lowest BCUT2D eigenvalue weighted by Crippen LogP contribution is -2.26. The van der Waals surface area contributed by atoms with Gasteiger partial charge in [-0.05, 0) is 81.1 Å². The lowest BCUT2D eigenvalue weighted by Gasteiger charge is -2.18. The van der Waals surface area contributed by atoms with Crippen LogP contribution in [0.5, 0.6) is 0 Å². The van der Waals surface area contributed by atoms with E-state index in [1.165, 1.54) is 6.42 Å². The summed E-state index contributed by atoms with van der Waals surface area (Å²) in [4.78, 5) is 15.6. The van der Waals surface area contributed by atoms with Gasteiger partial charge in [0.25, 0.3) is 0 Å². The minimum atomic E-state index is -3.34. The van der Waals surface area contributed by atoms with Crippen LogP contribution in [0, 0.1) is 0 Å². The normalized spacial score (nSPS) is 16.9. The van der Waals surface area contributed by atoms with Crippen molar-refractivity contribution in [3.63, 3.8) is 0 Å². The second-order valence-corrected chi connectivity index (χ2v) is 11.1. The van der Waals surface area contributed by atoms with Crippen LogP contribution in [0.1, 0.15) is 41.6 Å². The SMILES string of the molecule is C=CCCC(=O)n1cc(C[C@@H]2CCCN2C)c2cc(CCS(=O)(=O)c3ccccc3)ccc21. The van der Waals surface area contributed by atoms with Crippen molar-refractivity contribution in [2.24, 2.45) is 0 Å². The molecule has 0 amide bonds. The lowest BCUT2D eigenvalue weighted by molar-refractivity contribution is 0.0909. The van der Waals surface area contributed by atoms with Gasteiger partial charge in [0.15, 0.2) is 9.84 Å². The van der Waals surface area contributed by atoms with Gasteiger partial charge in [0.2, 0.25) is 5.91 Å². The molecule has 4 rings (SSSR count). The first-order valence-corrected chi connectivity index (χ1v) is 13.3. The van der Waals surface area contributed by atoms with Gasteiger partial charge in [0.05, 0.1) is 16.2 Å². The molecule has 0 saturated carbocycles. The Morgan fingerprint density at radius 1 is 1.18 bits per heavy atom. The number of sulfone groups is 1. The standard InChI is InChI=1S/C27H32N2O3S/c1-3-4-12-27(30)29-20-22(19-23-9-8-16-28(23)2)25-18-21(13-14-26(25)29)15-17-33(31,32)24-10-6-5-7-11-24/h3,5-7,10-11,13-14,18,20,23H,1,4,8-9,12,15-17,19H2,2H3/t23-/m0/s1. The van der Waals surface area contributed by atoms with E-state index < -0.39 is 9.84 Å². The summed E-state index contributed by atoms with van der Waals surface area (Å²) in [7, 11) is -1.18. The number of likely N-dealkylation sites (tertiary alicyclic amines) is 1. The molecule has 0 spiro atoms. The predicted molar refractivity (Wildman–Crippen MR) is 134 cm³/mol. The molecular weight excluding hydrogens is 432 g/mol. The molecule has 1 aliphatic heterocycles. The van der Waals surface area contributed by atoms with Crippen molar-refractivity contribution >= 4 is 26.6 Å². The molecule has 33 heavy (non-hydrogen) atoms. The number of carbonyl (C=O) groups is 1. The fourth-order valence-corrected chi connectivity index (χ4v) is 6.02. The summed E-state index contributed by atoms with van der Waals surface area (Å²) >= 11 is 0. The Labute approximate surface area is 196 Å². The third kappa shape index (κ3) is 5.28. The van der Waals surface area contributed by atoms with E-state index in [0.717, 1.165) is 41.4 Å². The molecule has 2 aromatic carbocycles. The van der Waals surface area contributed by atoms with E-state index in [9.17, 15) is 13.2 Å². The van der Waals surface area contributed by atoms with Crippen LogP contribution in [0.25, 0.3) is 10.9 Å². The summed E-state index contributed by atoms with van der Waals surface area (Å²) in [6.45, 7) is 4.83. The van der Waals surface area contributed by atoms with Gasteiger partial charge in [-0.1, -0.05) is 30.3 Å². The maximum atomic E-state index is 12.9. The molecule has 0 aliphatic carbocycles. The van der Waals surface area contributed by atoms with Crippen molar-refractivity contribution in [3.8, 4) is 0 Å². The van der Waals surface area contributed by atoms with Crippen molar-refractivity contribution in [3.05, 3.63) is 78.5 Å². The average molecular weight is 465 g/mol. The molecule has 0 radical (unpaired) electrons. The van der Waals surface area contributed by atoms with Crippen LogP contribution in [0.15, 0.2) is 72.3 Å². The molecule has 6 heteroatoms. The van der Waals surface area contributed by atoms with Crippen molar-refractivity contribution in [2.45, 2.75) is 49.5 Å². The molecular formula is C27H32N2O3S. The van der Waals surface area contributed by atoms with Gasteiger partial charge in [0, 0.05) is 24.0 Å². The van der Waals surface area contributed by atoms with E-state index in [1.54, 1.807) is 34.9 Å². The highest BCUT2D eigenvalue weighted by Crippen LogP contribution is 2.28. The number of fused-ring (bicyclic) bond motifs is 1. The lowest BCUT2D eigenvalue weighted by atomic mass is 10.0. The Bertz CT molecular complexity index is 1250. The second-order valence-electron chi connectivity index (χ2n) is 8.96. The highest BCUT2D eigenvalue weighted by Gasteiger charge is 2.24. The van der Waals surface area contributed by atoms with Gasteiger partial charge < -0.3 is 4.90 Å². The number of rotatable bonds is 9. The largest absolute Gasteiger partial charge is 0.303 e. The predicted octanol–water partition coefficient (Wildman–Crippen LogP) is 4.90. The summed E-state index contributed by atoms with van der Waals surface area (Å²) in [5.41, 5.74) is 3.03. The maximum Gasteiger partial charge on any atom is 0.231 e. The van der Waals surface area contributed by atoms with Gasteiger partial charge >= 0.3 is 0 Å². The van der Waals surface area contributed by atoms with E-state index in [4.69, 9.17) is 0 Å². The Morgan fingerprint density at radius 2 is 1.97 bits per heavy atom. The van der Waals surface area contributed by atoms with Crippen LogP contribution >= 0.6 is 0 Å². The molecule has 174 valence electrons. The maximum absolute atomic E-state index is 12.9. The van der Waals surface area contributed by atoms with Crippen LogP contribution in [0.2, 0.25) is 0 Å². The molecule has 1 atom stereocenters. The number of hydrogen-bond acceptors (Lipinski definition) is 4. The molecule has 3 aromatic rings. The number of hydrogen-bond donors (Lipinski definition) is 0. The third-order valence-corrected chi connectivity index (χ3v) is 8.40. The van der Waals surface area contributed by atoms with Crippen molar-refractivity contribution in [1.82, 2.24) is 9.47 Å². The van der Waals surface area contributed by atoms with E-state index in [2.05, 4.69) is 24.6 Å². The third-order valence-electron chi connectivity index (χ3n) is 6.67. The number of nitrogens with zero attached hydrogens (tertiary/aromatic N) is 2. The van der Waals surface area contributed by atoms with E-state index in [0.29, 0.717) is 30.2 Å². The van der Waals surface area contributed by atoms with Crippen LogP contribution in [-0.2, 0) is 22.7 Å². The van der Waals surface area contributed by atoms with Gasteiger partial charge in [-0.3, -0.25) is 9.36 Å². The zero-order valence-corrected chi connectivity index (χ0v) is 20.1. The molecule has 1 saturated heterocycles. The molecule has 5 nitrogen and oxygen atoms in total. The van der Waals surface area contributed by atoms with E-state index in [-0.39, 0.29) is 11.7 Å². The first-order chi connectivity index (χ1) is 15.9. The number of aromatic nitrogens is 1. The quantitative estimate of drug-likeness (QED) is 0.423. The Kier molecular flexibility index (Phi) is 7.15. The molecule has 0 N–H and O–H groups in total. The summed E-state index contributed by atoms with van der Waals surface area (Å²) in [6.07, 6.45) is 8.51. The monoisotopic (exact) mass is 464 g/mol. The highest BCUT2D eigenvalue weighted by atomic mass is 32.2. The van der Waals surface area contributed by atoms with Crippen molar-refractivity contribution in [1.29, 1.82) is 0 Å². The first kappa shape index (κ1) is 23.5. The number of aryl methyl sites for hydroxylation is 1. The van der Waals surface area contributed by atoms with Gasteiger partial charge in [-0.15, -0.1) is 6.58 Å². The number of benzene rings is 2. The van der Waals surface area contributed by atoms with Crippen molar-refractivity contribution in [2.75, 3.05) is 19.3 Å². The summed E-state index contributed by atoms with van der Waals surface area (Å²) in [5, 5.41) is 1.05. The smallest absolute Gasteiger partial charge is 0.231 e. The second kappa shape index (κ2) is 10.1. The Balaban J connectivity index is 1.63.